The number of aldehydes is 1. The van der Waals surface area contributed by atoms with E-state index in [1.54, 1.807) is 12.1 Å². The lowest BCUT2D eigenvalue weighted by atomic mass is 10.0. The molecule has 0 aliphatic heterocycles. The van der Waals surface area contributed by atoms with Gasteiger partial charge in [-0.25, -0.2) is 4.79 Å². The molecule has 1 aromatic rings. The summed E-state index contributed by atoms with van der Waals surface area (Å²) in [5, 5.41) is 8.74. The fraction of sp³-hybridized carbons (Fsp3) is 0.385. The number of carboxylic acid groups (broad SMARTS) is 1. The Morgan fingerprint density at radius 3 is 2.41 bits per heavy atom. The van der Waals surface area contributed by atoms with E-state index in [0.29, 0.717) is 18.6 Å². The van der Waals surface area contributed by atoms with Crippen LogP contribution in [0.4, 0.5) is 0 Å². The van der Waals surface area contributed by atoms with Crippen LogP contribution in [0.1, 0.15) is 37.0 Å². The zero-order chi connectivity index (χ0) is 12.9. The summed E-state index contributed by atoms with van der Waals surface area (Å²) >= 11 is 0. The molecule has 1 aromatic carbocycles. The van der Waals surface area contributed by atoms with Crippen molar-refractivity contribution in [1.82, 2.24) is 0 Å². The number of carbonyl (C=O) groups excluding carboxylic acids is 1. The first kappa shape index (κ1) is 13.2. The van der Waals surface area contributed by atoms with Gasteiger partial charge in [0, 0.05) is 6.42 Å². The largest absolute Gasteiger partial charge is 0.488 e. The number of hydrogen-bond acceptors (Lipinski definition) is 3. The summed E-state index contributed by atoms with van der Waals surface area (Å²) in [6.45, 7) is 3.78. The number of hydrogen-bond donors (Lipinski definition) is 1. The minimum absolute atomic E-state index is 0.225. The molecule has 0 aliphatic carbocycles. The molecule has 0 atom stereocenters. The Kier molecular flexibility index (Phi) is 4.26. The lowest BCUT2D eigenvalue weighted by Crippen LogP contribution is -2.28. The number of rotatable bonds is 6. The van der Waals surface area contributed by atoms with Gasteiger partial charge < -0.3 is 14.6 Å². The van der Waals surface area contributed by atoms with Crippen LogP contribution in [0.15, 0.2) is 24.3 Å². The summed E-state index contributed by atoms with van der Waals surface area (Å²) < 4.78 is 5.69. The summed E-state index contributed by atoms with van der Waals surface area (Å²) in [5.41, 5.74) is -0.214. The van der Waals surface area contributed by atoms with E-state index in [2.05, 4.69) is 0 Å². The van der Waals surface area contributed by atoms with E-state index in [0.717, 1.165) is 6.29 Å². The maximum Gasteiger partial charge on any atom is 0.335 e. The average molecular weight is 236 g/mol. The lowest BCUT2D eigenvalue weighted by Gasteiger charge is -2.25. The molecule has 4 heteroatoms. The van der Waals surface area contributed by atoms with Crippen molar-refractivity contribution in [1.29, 1.82) is 0 Å². The summed E-state index contributed by atoms with van der Waals surface area (Å²) in [7, 11) is 0. The maximum atomic E-state index is 10.7. The Labute approximate surface area is 100 Å². The molecule has 0 radical (unpaired) electrons. The van der Waals surface area contributed by atoms with Gasteiger partial charge in [0.2, 0.25) is 0 Å². The molecule has 0 unspecified atom stereocenters. The highest BCUT2D eigenvalue weighted by Crippen LogP contribution is 2.22. The zero-order valence-electron chi connectivity index (χ0n) is 9.97. The van der Waals surface area contributed by atoms with Crippen molar-refractivity contribution in [3.63, 3.8) is 0 Å². The van der Waals surface area contributed by atoms with Gasteiger partial charge in [-0.05, 0) is 44.5 Å². The summed E-state index contributed by atoms with van der Waals surface area (Å²) in [6, 6.07) is 6.22. The van der Waals surface area contributed by atoms with E-state index in [1.807, 2.05) is 13.8 Å². The van der Waals surface area contributed by atoms with E-state index in [-0.39, 0.29) is 5.56 Å². The van der Waals surface area contributed by atoms with Gasteiger partial charge in [0.25, 0.3) is 0 Å². The van der Waals surface area contributed by atoms with Crippen molar-refractivity contribution in [3.8, 4) is 5.75 Å². The molecule has 4 nitrogen and oxygen atoms in total. The molecule has 1 N–H and O–H groups in total. The Hall–Kier alpha value is -1.84. The van der Waals surface area contributed by atoms with Crippen LogP contribution in [-0.4, -0.2) is 23.0 Å². The number of ether oxygens (including phenoxy) is 1. The van der Waals surface area contributed by atoms with E-state index in [4.69, 9.17) is 9.84 Å². The number of carbonyl (C=O) groups is 2. The first-order valence-corrected chi connectivity index (χ1v) is 5.40. The first-order valence-electron chi connectivity index (χ1n) is 5.40. The minimum Gasteiger partial charge on any atom is -0.488 e. The molecule has 0 aromatic heterocycles. The summed E-state index contributed by atoms with van der Waals surface area (Å²) in [4.78, 5) is 21.0. The second-order valence-electron chi connectivity index (χ2n) is 4.40. The number of carboxylic acids is 1. The highest BCUT2D eigenvalue weighted by atomic mass is 16.5. The van der Waals surface area contributed by atoms with Crippen LogP contribution in [0.25, 0.3) is 0 Å². The van der Waals surface area contributed by atoms with Gasteiger partial charge in [0.1, 0.15) is 17.6 Å². The molecule has 0 saturated carbocycles. The second-order valence-corrected chi connectivity index (χ2v) is 4.40. The molecule has 92 valence electrons. The van der Waals surface area contributed by atoms with Gasteiger partial charge in [0.05, 0.1) is 5.56 Å². The monoisotopic (exact) mass is 236 g/mol. The van der Waals surface area contributed by atoms with Crippen LogP contribution in [0.2, 0.25) is 0 Å². The van der Waals surface area contributed by atoms with Crippen LogP contribution in [0.5, 0.6) is 5.75 Å². The molecule has 0 aliphatic rings. The minimum atomic E-state index is -0.961. The van der Waals surface area contributed by atoms with Gasteiger partial charge in [-0.15, -0.1) is 0 Å². The van der Waals surface area contributed by atoms with Crippen LogP contribution in [0.3, 0.4) is 0 Å². The SMILES string of the molecule is CC(C)(CCC=O)Oc1ccc(C(=O)O)cc1. The molecule has 0 saturated heterocycles. The topological polar surface area (TPSA) is 63.6 Å². The quantitative estimate of drug-likeness (QED) is 0.771. The van der Waals surface area contributed by atoms with E-state index in [1.165, 1.54) is 12.1 Å². The Bertz CT molecular complexity index is 392. The molecule has 1 rings (SSSR count). The smallest absolute Gasteiger partial charge is 0.335 e. The standard InChI is InChI=1S/C13H16O4/c1-13(2,8-3-9-14)17-11-6-4-10(5-7-11)12(15)16/h4-7,9H,3,8H2,1-2H3,(H,15,16). The van der Waals surface area contributed by atoms with Crippen molar-refractivity contribution in [3.05, 3.63) is 29.8 Å². The molecule has 0 heterocycles. The van der Waals surface area contributed by atoms with E-state index >= 15 is 0 Å². The number of aromatic carboxylic acids is 1. The molecule has 0 fully saturated rings. The molecular weight excluding hydrogens is 220 g/mol. The maximum absolute atomic E-state index is 10.7. The predicted octanol–water partition coefficient (Wildman–Crippen LogP) is 2.52. The van der Waals surface area contributed by atoms with E-state index < -0.39 is 11.6 Å². The van der Waals surface area contributed by atoms with Crippen molar-refractivity contribution in [2.24, 2.45) is 0 Å². The second kappa shape index (κ2) is 5.48. The van der Waals surface area contributed by atoms with Crippen LogP contribution in [-0.2, 0) is 4.79 Å². The zero-order valence-corrected chi connectivity index (χ0v) is 9.97. The lowest BCUT2D eigenvalue weighted by molar-refractivity contribution is -0.108. The Morgan fingerprint density at radius 2 is 1.94 bits per heavy atom. The van der Waals surface area contributed by atoms with Crippen molar-refractivity contribution >= 4 is 12.3 Å². The van der Waals surface area contributed by atoms with Gasteiger partial charge in [0.15, 0.2) is 0 Å². The third-order valence-corrected chi connectivity index (χ3v) is 2.36. The molecule has 0 amide bonds. The third-order valence-electron chi connectivity index (χ3n) is 2.36. The first-order chi connectivity index (χ1) is 7.94. The van der Waals surface area contributed by atoms with Gasteiger partial charge in [-0.3, -0.25) is 0 Å². The Balaban J connectivity index is 2.68. The summed E-state index contributed by atoms with van der Waals surface area (Å²) in [6.07, 6.45) is 1.93. The molecule has 0 spiro atoms. The van der Waals surface area contributed by atoms with Gasteiger partial charge in [-0.1, -0.05) is 0 Å². The number of benzene rings is 1. The molecule has 17 heavy (non-hydrogen) atoms. The van der Waals surface area contributed by atoms with Crippen molar-refractivity contribution in [2.45, 2.75) is 32.3 Å². The summed E-state index contributed by atoms with van der Waals surface area (Å²) in [5.74, 6) is -0.359. The third kappa shape index (κ3) is 4.26. The fourth-order valence-corrected chi connectivity index (χ4v) is 1.44. The van der Waals surface area contributed by atoms with Crippen LogP contribution in [0, 0.1) is 0 Å². The van der Waals surface area contributed by atoms with E-state index in [9.17, 15) is 9.59 Å². The average Bonchev–Trinajstić information content (AvgIpc) is 2.26. The van der Waals surface area contributed by atoms with Crippen LogP contribution < -0.4 is 4.74 Å². The Morgan fingerprint density at radius 1 is 1.35 bits per heavy atom. The van der Waals surface area contributed by atoms with Crippen molar-refractivity contribution in [2.75, 3.05) is 0 Å². The predicted molar refractivity (Wildman–Crippen MR) is 63.4 cm³/mol. The van der Waals surface area contributed by atoms with Crippen molar-refractivity contribution < 1.29 is 19.4 Å². The fourth-order valence-electron chi connectivity index (χ4n) is 1.44. The van der Waals surface area contributed by atoms with Crippen LogP contribution >= 0.6 is 0 Å². The molecular formula is C13H16O4. The highest BCUT2D eigenvalue weighted by Gasteiger charge is 2.19. The van der Waals surface area contributed by atoms with Gasteiger partial charge >= 0.3 is 5.97 Å². The highest BCUT2D eigenvalue weighted by molar-refractivity contribution is 5.87. The normalized spacial score (nSPS) is 10.9. The van der Waals surface area contributed by atoms with Gasteiger partial charge in [-0.2, -0.15) is 0 Å². The molecule has 0 bridgehead atoms.